The molecule has 6 nitrogen and oxygen atoms in total. The highest BCUT2D eigenvalue weighted by atomic mass is 16.5. The second-order valence-corrected chi connectivity index (χ2v) is 7.04. The maximum atomic E-state index is 5.87. The Bertz CT molecular complexity index is 522. The van der Waals surface area contributed by atoms with E-state index in [9.17, 15) is 0 Å². The van der Waals surface area contributed by atoms with Gasteiger partial charge in [0.25, 0.3) is 0 Å². The molecule has 0 radical (unpaired) electrons. The third-order valence-electron chi connectivity index (χ3n) is 4.19. The Balaban J connectivity index is 1.58. The Kier molecular flexibility index (Phi) is 9.28. The lowest BCUT2D eigenvalue weighted by Gasteiger charge is -2.34. The maximum Gasteiger partial charge on any atom is 0.191 e. The van der Waals surface area contributed by atoms with E-state index in [1.54, 1.807) is 7.05 Å². The van der Waals surface area contributed by atoms with Crippen LogP contribution in [-0.4, -0.2) is 69.9 Å². The van der Waals surface area contributed by atoms with E-state index >= 15 is 0 Å². The summed E-state index contributed by atoms with van der Waals surface area (Å²) in [6.45, 7) is 10.7. The molecular weight excluding hydrogens is 328 g/mol. The van der Waals surface area contributed by atoms with Crippen LogP contribution in [0.25, 0.3) is 0 Å². The summed E-state index contributed by atoms with van der Waals surface area (Å²) in [5.74, 6) is 2.42. The summed E-state index contributed by atoms with van der Waals surface area (Å²) in [4.78, 5) is 6.76. The van der Waals surface area contributed by atoms with Crippen molar-refractivity contribution in [1.29, 1.82) is 0 Å². The van der Waals surface area contributed by atoms with Gasteiger partial charge in [-0.05, 0) is 24.5 Å². The lowest BCUT2D eigenvalue weighted by atomic mass is 10.2. The number of hydrogen-bond donors (Lipinski definition) is 2. The number of aliphatic imine (C=N–C) groups is 1. The first-order chi connectivity index (χ1) is 12.7. The van der Waals surface area contributed by atoms with E-state index in [1.807, 2.05) is 30.3 Å². The molecule has 6 heteroatoms. The van der Waals surface area contributed by atoms with Crippen molar-refractivity contribution in [1.82, 2.24) is 15.5 Å². The standard InChI is InChI=1S/C20H34N4O2/c1-17(2)15-24-11-13-26-19(16-24)14-23-20(21-3)22-10-7-12-25-18-8-5-4-6-9-18/h4-6,8-9,17,19H,7,10-16H2,1-3H3,(H2,21,22,23). The lowest BCUT2D eigenvalue weighted by Crippen LogP contribution is -2.50. The molecule has 0 saturated carbocycles. The minimum absolute atomic E-state index is 0.211. The summed E-state index contributed by atoms with van der Waals surface area (Å²) in [6.07, 6.45) is 1.12. The van der Waals surface area contributed by atoms with Gasteiger partial charge >= 0.3 is 0 Å². The molecular formula is C20H34N4O2. The Morgan fingerprint density at radius 2 is 2.12 bits per heavy atom. The van der Waals surface area contributed by atoms with Gasteiger partial charge in [-0.2, -0.15) is 0 Å². The fourth-order valence-corrected chi connectivity index (χ4v) is 3.00. The number of hydrogen-bond acceptors (Lipinski definition) is 4. The fraction of sp³-hybridized carbons (Fsp3) is 0.650. The normalized spacial score (nSPS) is 18.8. The van der Waals surface area contributed by atoms with E-state index in [2.05, 4.69) is 34.4 Å². The van der Waals surface area contributed by atoms with Crippen LogP contribution in [0, 0.1) is 5.92 Å². The molecule has 1 aliphatic rings. The van der Waals surface area contributed by atoms with Gasteiger partial charge in [-0.1, -0.05) is 32.0 Å². The van der Waals surface area contributed by atoms with Crippen LogP contribution in [0.4, 0.5) is 0 Å². The molecule has 0 aliphatic carbocycles. The second kappa shape index (κ2) is 11.8. The van der Waals surface area contributed by atoms with Crippen LogP contribution in [0.5, 0.6) is 5.75 Å². The van der Waals surface area contributed by atoms with Crippen molar-refractivity contribution in [3.8, 4) is 5.75 Å². The van der Waals surface area contributed by atoms with E-state index in [-0.39, 0.29) is 6.10 Å². The smallest absolute Gasteiger partial charge is 0.191 e. The van der Waals surface area contributed by atoms with E-state index < -0.39 is 0 Å². The molecule has 0 amide bonds. The molecule has 2 rings (SSSR count). The van der Waals surface area contributed by atoms with Crippen LogP contribution < -0.4 is 15.4 Å². The fourth-order valence-electron chi connectivity index (χ4n) is 3.00. The molecule has 1 aromatic rings. The summed E-state index contributed by atoms with van der Waals surface area (Å²) in [5, 5.41) is 6.70. The summed E-state index contributed by atoms with van der Waals surface area (Å²) < 4.78 is 11.6. The average Bonchev–Trinajstić information content (AvgIpc) is 2.64. The molecule has 1 unspecified atom stereocenters. The summed E-state index contributed by atoms with van der Waals surface area (Å²) >= 11 is 0. The van der Waals surface area contributed by atoms with Crippen LogP contribution in [0.1, 0.15) is 20.3 Å². The Morgan fingerprint density at radius 3 is 2.85 bits per heavy atom. The van der Waals surface area contributed by atoms with Gasteiger partial charge in [0.15, 0.2) is 5.96 Å². The number of benzene rings is 1. The van der Waals surface area contributed by atoms with Crippen LogP contribution >= 0.6 is 0 Å². The quantitative estimate of drug-likeness (QED) is 0.400. The zero-order valence-electron chi connectivity index (χ0n) is 16.4. The number of guanidine groups is 1. The van der Waals surface area contributed by atoms with Gasteiger partial charge in [-0.25, -0.2) is 0 Å². The van der Waals surface area contributed by atoms with Crippen molar-refractivity contribution < 1.29 is 9.47 Å². The molecule has 1 aliphatic heterocycles. The van der Waals surface area contributed by atoms with Crippen molar-refractivity contribution >= 4 is 5.96 Å². The molecule has 2 N–H and O–H groups in total. The second-order valence-electron chi connectivity index (χ2n) is 7.04. The molecule has 1 heterocycles. The summed E-state index contributed by atoms with van der Waals surface area (Å²) in [6, 6.07) is 9.90. The Hall–Kier alpha value is -1.79. The lowest BCUT2D eigenvalue weighted by molar-refractivity contribution is -0.0284. The van der Waals surface area contributed by atoms with Crippen molar-refractivity contribution in [2.75, 3.05) is 53.0 Å². The number of nitrogens with zero attached hydrogens (tertiary/aromatic N) is 2. The monoisotopic (exact) mass is 362 g/mol. The van der Waals surface area contributed by atoms with E-state index in [1.165, 1.54) is 0 Å². The third-order valence-corrected chi connectivity index (χ3v) is 4.19. The number of para-hydroxylation sites is 1. The van der Waals surface area contributed by atoms with Gasteiger partial charge in [0.05, 0.1) is 19.3 Å². The van der Waals surface area contributed by atoms with Gasteiger partial charge in [0, 0.05) is 39.8 Å². The number of nitrogens with one attached hydrogen (secondary N) is 2. The molecule has 0 spiro atoms. The highest BCUT2D eigenvalue weighted by Gasteiger charge is 2.20. The zero-order valence-corrected chi connectivity index (χ0v) is 16.4. The van der Waals surface area contributed by atoms with Crippen molar-refractivity contribution in [3.05, 3.63) is 30.3 Å². The molecule has 0 aromatic heterocycles. The van der Waals surface area contributed by atoms with Crippen molar-refractivity contribution in [2.24, 2.45) is 10.9 Å². The molecule has 1 saturated heterocycles. The van der Waals surface area contributed by atoms with Crippen molar-refractivity contribution in [2.45, 2.75) is 26.4 Å². The molecule has 26 heavy (non-hydrogen) atoms. The zero-order chi connectivity index (χ0) is 18.6. The first-order valence-electron chi connectivity index (χ1n) is 9.63. The minimum atomic E-state index is 0.211. The van der Waals surface area contributed by atoms with Gasteiger partial charge in [-0.3, -0.25) is 9.89 Å². The first kappa shape index (κ1) is 20.5. The molecule has 1 aromatic carbocycles. The average molecular weight is 363 g/mol. The van der Waals surface area contributed by atoms with Crippen LogP contribution in [0.3, 0.4) is 0 Å². The predicted molar refractivity (Wildman–Crippen MR) is 107 cm³/mol. The van der Waals surface area contributed by atoms with E-state index in [0.29, 0.717) is 12.5 Å². The predicted octanol–water partition coefficient (Wildman–Crippen LogP) is 1.98. The SMILES string of the molecule is CN=C(NCCCOc1ccccc1)NCC1CN(CC(C)C)CCO1. The topological polar surface area (TPSA) is 58.1 Å². The molecule has 1 fully saturated rings. The van der Waals surface area contributed by atoms with E-state index in [0.717, 1.165) is 57.5 Å². The van der Waals surface area contributed by atoms with Gasteiger partial charge < -0.3 is 20.1 Å². The number of morpholine rings is 1. The maximum absolute atomic E-state index is 5.87. The summed E-state index contributed by atoms with van der Waals surface area (Å²) in [7, 11) is 1.79. The molecule has 1 atom stereocenters. The summed E-state index contributed by atoms with van der Waals surface area (Å²) in [5.41, 5.74) is 0. The Morgan fingerprint density at radius 1 is 1.31 bits per heavy atom. The van der Waals surface area contributed by atoms with Gasteiger partial charge in [0.1, 0.15) is 5.75 Å². The van der Waals surface area contributed by atoms with Crippen molar-refractivity contribution in [3.63, 3.8) is 0 Å². The minimum Gasteiger partial charge on any atom is -0.494 e. The van der Waals surface area contributed by atoms with Gasteiger partial charge in [-0.15, -0.1) is 0 Å². The van der Waals surface area contributed by atoms with E-state index in [4.69, 9.17) is 9.47 Å². The largest absolute Gasteiger partial charge is 0.494 e. The van der Waals surface area contributed by atoms with Crippen LogP contribution in [0.15, 0.2) is 35.3 Å². The molecule has 0 bridgehead atoms. The Labute approximate surface area is 158 Å². The third kappa shape index (κ3) is 8.06. The number of ether oxygens (including phenoxy) is 2. The molecule has 146 valence electrons. The van der Waals surface area contributed by atoms with Gasteiger partial charge in [0.2, 0.25) is 0 Å². The highest BCUT2D eigenvalue weighted by Crippen LogP contribution is 2.08. The van der Waals surface area contributed by atoms with Crippen LogP contribution in [0.2, 0.25) is 0 Å². The number of rotatable bonds is 9. The first-order valence-corrected chi connectivity index (χ1v) is 9.63. The highest BCUT2D eigenvalue weighted by molar-refractivity contribution is 5.79. The van der Waals surface area contributed by atoms with Crippen LogP contribution in [-0.2, 0) is 4.74 Å².